The average molecular weight is 296 g/mol. The molecule has 0 saturated heterocycles. The molecule has 3 heteroatoms. The lowest BCUT2D eigenvalue weighted by molar-refractivity contribution is 0.199. The summed E-state index contributed by atoms with van der Waals surface area (Å²) in [4.78, 5) is 2.48. The predicted octanol–water partition coefficient (Wildman–Crippen LogP) is 4.80. The van der Waals surface area contributed by atoms with Crippen LogP contribution in [0.2, 0.25) is 5.02 Å². The summed E-state index contributed by atoms with van der Waals surface area (Å²) in [6, 6.07) is 6.59. The van der Waals surface area contributed by atoms with Gasteiger partial charge in [-0.3, -0.25) is 0 Å². The Morgan fingerprint density at radius 1 is 1.25 bits per heavy atom. The summed E-state index contributed by atoms with van der Waals surface area (Å²) < 4.78 is 0. The lowest BCUT2D eigenvalue weighted by Gasteiger charge is -2.33. The topological polar surface area (TPSA) is 23.5 Å². The van der Waals surface area contributed by atoms with Crippen molar-refractivity contribution in [1.29, 1.82) is 0 Å². The first-order valence-electron chi connectivity index (χ1n) is 7.73. The molecule has 1 N–H and O–H groups in total. The van der Waals surface area contributed by atoms with Gasteiger partial charge < -0.3 is 10.0 Å². The summed E-state index contributed by atoms with van der Waals surface area (Å²) >= 11 is 6.48. The zero-order valence-corrected chi connectivity index (χ0v) is 13.5. The number of benzene rings is 1. The van der Waals surface area contributed by atoms with Crippen molar-refractivity contribution in [2.45, 2.75) is 58.6 Å². The molecule has 0 radical (unpaired) electrons. The number of halogens is 1. The smallest absolute Gasteiger partial charge is 0.0762 e. The third-order valence-electron chi connectivity index (χ3n) is 4.09. The molecule has 1 aliphatic carbocycles. The van der Waals surface area contributed by atoms with Gasteiger partial charge in [0, 0.05) is 12.6 Å². The van der Waals surface area contributed by atoms with Crippen molar-refractivity contribution >= 4 is 17.3 Å². The average Bonchev–Trinajstić information content (AvgIpc) is 2.89. The van der Waals surface area contributed by atoms with Crippen LogP contribution in [-0.4, -0.2) is 17.7 Å². The van der Waals surface area contributed by atoms with Crippen LogP contribution in [-0.2, 0) is 0 Å². The highest BCUT2D eigenvalue weighted by Crippen LogP contribution is 2.35. The fourth-order valence-electron chi connectivity index (χ4n) is 3.07. The Morgan fingerprint density at radius 3 is 2.40 bits per heavy atom. The minimum absolute atomic E-state index is 0.466. The Labute approximate surface area is 127 Å². The maximum atomic E-state index is 9.66. The van der Waals surface area contributed by atoms with Gasteiger partial charge in [0.15, 0.2) is 0 Å². The van der Waals surface area contributed by atoms with Crippen molar-refractivity contribution in [3.63, 3.8) is 0 Å². The van der Waals surface area contributed by atoms with Crippen molar-refractivity contribution in [3.8, 4) is 0 Å². The molecule has 1 fully saturated rings. The van der Waals surface area contributed by atoms with Crippen molar-refractivity contribution in [1.82, 2.24) is 0 Å². The van der Waals surface area contributed by atoms with Gasteiger partial charge in [-0.2, -0.15) is 0 Å². The molecule has 20 heavy (non-hydrogen) atoms. The lowest BCUT2D eigenvalue weighted by Crippen LogP contribution is -2.36. The first-order chi connectivity index (χ1) is 9.49. The van der Waals surface area contributed by atoms with Crippen LogP contribution < -0.4 is 4.90 Å². The van der Waals surface area contributed by atoms with Gasteiger partial charge >= 0.3 is 0 Å². The van der Waals surface area contributed by atoms with E-state index in [1.165, 1.54) is 25.7 Å². The number of anilines is 1. The van der Waals surface area contributed by atoms with E-state index < -0.39 is 6.10 Å². The Kier molecular flexibility index (Phi) is 5.34. The highest BCUT2D eigenvalue weighted by Gasteiger charge is 2.25. The van der Waals surface area contributed by atoms with Gasteiger partial charge in [-0.25, -0.2) is 0 Å². The largest absolute Gasteiger partial charge is 0.389 e. The van der Waals surface area contributed by atoms with Gasteiger partial charge in [0.2, 0.25) is 0 Å². The Bertz CT molecular complexity index is 439. The number of aliphatic hydroxyl groups is 1. The normalized spacial score (nSPS) is 17.7. The molecule has 1 aliphatic rings. The third kappa shape index (κ3) is 3.67. The minimum Gasteiger partial charge on any atom is -0.389 e. The van der Waals surface area contributed by atoms with Gasteiger partial charge in [-0.1, -0.05) is 44.4 Å². The predicted molar refractivity (Wildman–Crippen MR) is 86.5 cm³/mol. The number of nitrogens with zero attached hydrogens (tertiary/aromatic N) is 1. The maximum Gasteiger partial charge on any atom is 0.0762 e. The molecule has 0 spiro atoms. The molecule has 1 aromatic rings. The molecule has 0 unspecified atom stereocenters. The number of rotatable bonds is 5. The van der Waals surface area contributed by atoms with Crippen molar-refractivity contribution in [2.24, 2.45) is 5.92 Å². The first-order valence-corrected chi connectivity index (χ1v) is 8.11. The molecule has 0 bridgehead atoms. The van der Waals surface area contributed by atoms with Crippen molar-refractivity contribution in [2.75, 3.05) is 11.4 Å². The molecule has 112 valence electrons. The minimum atomic E-state index is -0.466. The zero-order valence-electron chi connectivity index (χ0n) is 12.8. The van der Waals surface area contributed by atoms with Crippen LogP contribution in [0.25, 0.3) is 0 Å². The van der Waals surface area contributed by atoms with E-state index in [4.69, 9.17) is 11.6 Å². The van der Waals surface area contributed by atoms with E-state index in [2.05, 4.69) is 24.8 Å². The molecular weight excluding hydrogens is 270 g/mol. The van der Waals surface area contributed by atoms with Crippen LogP contribution in [0.15, 0.2) is 18.2 Å². The SMILES string of the molecule is CC(C)CN(c1ccc([C@@H](C)O)cc1Cl)C1CCCC1. The van der Waals surface area contributed by atoms with Gasteiger partial charge in [0.05, 0.1) is 16.8 Å². The fraction of sp³-hybridized carbons (Fsp3) is 0.647. The van der Waals surface area contributed by atoms with Crippen LogP contribution in [0.4, 0.5) is 5.69 Å². The van der Waals surface area contributed by atoms with Crippen LogP contribution in [0.5, 0.6) is 0 Å². The van der Waals surface area contributed by atoms with Gasteiger partial charge in [-0.15, -0.1) is 0 Å². The number of hydrogen-bond acceptors (Lipinski definition) is 2. The Hall–Kier alpha value is -0.730. The molecule has 2 rings (SSSR count). The summed E-state index contributed by atoms with van der Waals surface area (Å²) in [6.07, 6.45) is 4.71. The molecule has 0 heterocycles. The summed E-state index contributed by atoms with van der Waals surface area (Å²) in [5, 5.41) is 10.4. The first kappa shape index (κ1) is 15.7. The number of hydrogen-bond donors (Lipinski definition) is 1. The monoisotopic (exact) mass is 295 g/mol. The Balaban J connectivity index is 2.27. The molecule has 0 amide bonds. The standard InChI is InChI=1S/C17H26ClNO/c1-12(2)11-19(15-6-4-5-7-15)17-9-8-14(13(3)20)10-16(17)18/h8-10,12-13,15,20H,4-7,11H2,1-3H3/t13-/m1/s1. The summed E-state index contributed by atoms with van der Waals surface area (Å²) in [7, 11) is 0. The quantitative estimate of drug-likeness (QED) is 0.843. The van der Waals surface area contributed by atoms with Gasteiger partial charge in [-0.05, 0) is 43.4 Å². The lowest BCUT2D eigenvalue weighted by atomic mass is 10.1. The van der Waals surface area contributed by atoms with Crippen molar-refractivity contribution < 1.29 is 5.11 Å². The zero-order chi connectivity index (χ0) is 14.7. The molecule has 0 aromatic heterocycles. The second-order valence-electron chi connectivity index (χ2n) is 6.37. The van der Waals surface area contributed by atoms with E-state index in [1.54, 1.807) is 6.92 Å². The Morgan fingerprint density at radius 2 is 1.90 bits per heavy atom. The second kappa shape index (κ2) is 6.82. The second-order valence-corrected chi connectivity index (χ2v) is 6.78. The maximum absolute atomic E-state index is 9.66. The van der Waals surface area contributed by atoms with E-state index >= 15 is 0 Å². The van der Waals surface area contributed by atoms with Crippen LogP contribution >= 0.6 is 11.6 Å². The van der Waals surface area contributed by atoms with Gasteiger partial charge in [0.1, 0.15) is 0 Å². The van der Waals surface area contributed by atoms with Crippen LogP contribution in [0.1, 0.15) is 58.1 Å². The van der Waals surface area contributed by atoms with Crippen LogP contribution in [0.3, 0.4) is 0 Å². The molecule has 1 atom stereocenters. The molecule has 1 saturated carbocycles. The van der Waals surface area contributed by atoms with E-state index in [0.29, 0.717) is 12.0 Å². The fourth-order valence-corrected chi connectivity index (χ4v) is 3.37. The van der Waals surface area contributed by atoms with E-state index in [-0.39, 0.29) is 0 Å². The third-order valence-corrected chi connectivity index (χ3v) is 4.39. The van der Waals surface area contributed by atoms with Gasteiger partial charge in [0.25, 0.3) is 0 Å². The molecule has 0 aliphatic heterocycles. The molecular formula is C17H26ClNO. The summed E-state index contributed by atoms with van der Waals surface area (Å²) in [6.45, 7) is 7.31. The highest BCUT2D eigenvalue weighted by molar-refractivity contribution is 6.33. The van der Waals surface area contributed by atoms with E-state index in [0.717, 1.165) is 22.8 Å². The van der Waals surface area contributed by atoms with E-state index in [1.807, 2.05) is 12.1 Å². The number of aliphatic hydroxyl groups excluding tert-OH is 1. The summed E-state index contributed by atoms with van der Waals surface area (Å²) in [5.41, 5.74) is 2.01. The van der Waals surface area contributed by atoms with Crippen LogP contribution in [0, 0.1) is 5.92 Å². The molecule has 2 nitrogen and oxygen atoms in total. The molecule has 1 aromatic carbocycles. The summed E-state index contributed by atoms with van der Waals surface area (Å²) in [5.74, 6) is 0.614. The van der Waals surface area contributed by atoms with Crippen molar-refractivity contribution in [3.05, 3.63) is 28.8 Å². The van der Waals surface area contributed by atoms with E-state index in [9.17, 15) is 5.11 Å². The highest BCUT2D eigenvalue weighted by atomic mass is 35.5.